The highest BCUT2D eigenvalue weighted by Gasteiger charge is 2.31. The zero-order valence-corrected chi connectivity index (χ0v) is 21.8. The second-order valence-corrected chi connectivity index (χ2v) is 11.1. The van der Waals surface area contributed by atoms with Gasteiger partial charge in [0, 0.05) is 12.6 Å². The number of carbonyl (C=O) groups is 2. The predicted molar refractivity (Wildman–Crippen MR) is 140 cm³/mol. The monoisotopic (exact) mass is 499 g/mol. The van der Waals surface area contributed by atoms with Gasteiger partial charge >= 0.3 is 0 Å². The summed E-state index contributed by atoms with van der Waals surface area (Å²) in [7, 11) is -3.73. The lowest BCUT2D eigenvalue weighted by Crippen LogP contribution is -2.53. The molecular formula is C27H37N3O4S. The van der Waals surface area contributed by atoms with E-state index in [2.05, 4.69) is 5.32 Å². The molecule has 3 rings (SSSR count). The Kier molecular flexibility index (Phi) is 9.32. The number of para-hydroxylation sites is 1. The average Bonchev–Trinajstić information content (AvgIpc) is 3.35. The van der Waals surface area contributed by atoms with Crippen LogP contribution >= 0.6 is 0 Å². The summed E-state index contributed by atoms with van der Waals surface area (Å²) in [6.07, 6.45) is 6.40. The third-order valence-electron chi connectivity index (χ3n) is 6.67. The third-order valence-corrected chi connectivity index (χ3v) is 7.80. The SMILES string of the molecule is CCc1ccccc1N(CC(=O)N(CCc1ccccc1)[C@H](C)C(=O)NC1CCCC1)S(C)(=O)=O. The van der Waals surface area contributed by atoms with Gasteiger partial charge in [-0.05, 0) is 49.8 Å². The number of amides is 2. The normalized spacial score (nSPS) is 14.9. The molecule has 35 heavy (non-hydrogen) atoms. The molecule has 0 aliphatic heterocycles. The fourth-order valence-corrected chi connectivity index (χ4v) is 5.49. The van der Waals surface area contributed by atoms with Crippen molar-refractivity contribution in [2.24, 2.45) is 0 Å². The van der Waals surface area contributed by atoms with Crippen molar-refractivity contribution in [3.8, 4) is 0 Å². The topological polar surface area (TPSA) is 86.8 Å². The molecule has 0 spiro atoms. The summed E-state index contributed by atoms with van der Waals surface area (Å²) in [4.78, 5) is 28.2. The summed E-state index contributed by atoms with van der Waals surface area (Å²) < 4.78 is 26.7. The van der Waals surface area contributed by atoms with E-state index in [-0.39, 0.29) is 18.5 Å². The van der Waals surface area contributed by atoms with E-state index in [1.54, 1.807) is 19.1 Å². The van der Waals surface area contributed by atoms with Crippen molar-refractivity contribution in [2.45, 2.75) is 64.5 Å². The molecule has 1 saturated carbocycles. The van der Waals surface area contributed by atoms with Gasteiger partial charge in [-0.2, -0.15) is 0 Å². The Morgan fingerprint density at radius 2 is 1.66 bits per heavy atom. The Morgan fingerprint density at radius 1 is 1.03 bits per heavy atom. The molecule has 0 radical (unpaired) electrons. The van der Waals surface area contributed by atoms with Gasteiger partial charge in [-0.1, -0.05) is 68.3 Å². The van der Waals surface area contributed by atoms with Gasteiger partial charge in [0.1, 0.15) is 12.6 Å². The lowest BCUT2D eigenvalue weighted by atomic mass is 10.1. The molecule has 0 aromatic heterocycles. The molecule has 2 aromatic carbocycles. The number of benzene rings is 2. The highest BCUT2D eigenvalue weighted by atomic mass is 32.2. The molecule has 0 bridgehead atoms. The minimum atomic E-state index is -3.73. The van der Waals surface area contributed by atoms with Crippen LogP contribution in [0.15, 0.2) is 54.6 Å². The lowest BCUT2D eigenvalue weighted by molar-refractivity contribution is -0.139. The van der Waals surface area contributed by atoms with E-state index >= 15 is 0 Å². The van der Waals surface area contributed by atoms with Crippen LogP contribution in [0.25, 0.3) is 0 Å². The number of sulfonamides is 1. The highest BCUT2D eigenvalue weighted by Crippen LogP contribution is 2.24. The van der Waals surface area contributed by atoms with Gasteiger partial charge in [0.2, 0.25) is 21.8 Å². The molecular weight excluding hydrogens is 462 g/mol. The minimum absolute atomic E-state index is 0.139. The molecule has 8 heteroatoms. The fourth-order valence-electron chi connectivity index (χ4n) is 4.61. The van der Waals surface area contributed by atoms with Crippen molar-refractivity contribution in [3.63, 3.8) is 0 Å². The van der Waals surface area contributed by atoms with Gasteiger partial charge in [0.25, 0.3) is 0 Å². The average molecular weight is 500 g/mol. The number of nitrogens with zero attached hydrogens (tertiary/aromatic N) is 2. The van der Waals surface area contributed by atoms with Crippen LogP contribution in [0.4, 0.5) is 5.69 Å². The van der Waals surface area contributed by atoms with Crippen molar-refractivity contribution in [2.75, 3.05) is 23.7 Å². The van der Waals surface area contributed by atoms with Crippen LogP contribution < -0.4 is 9.62 Å². The summed E-state index contributed by atoms with van der Waals surface area (Å²) in [6, 6.07) is 16.4. The molecule has 1 N–H and O–H groups in total. The Bertz CT molecular complexity index is 1100. The first-order chi connectivity index (χ1) is 16.7. The first-order valence-corrected chi connectivity index (χ1v) is 14.2. The maximum absolute atomic E-state index is 13.6. The van der Waals surface area contributed by atoms with Crippen LogP contribution in [-0.2, 0) is 32.5 Å². The molecule has 0 unspecified atom stereocenters. The van der Waals surface area contributed by atoms with Crippen molar-refractivity contribution in [1.82, 2.24) is 10.2 Å². The van der Waals surface area contributed by atoms with Gasteiger partial charge in [-0.15, -0.1) is 0 Å². The molecule has 2 amide bonds. The summed E-state index contributed by atoms with van der Waals surface area (Å²) in [6.45, 7) is 3.63. The van der Waals surface area contributed by atoms with Crippen LogP contribution in [0.2, 0.25) is 0 Å². The number of nitrogens with one attached hydrogen (secondary N) is 1. The lowest BCUT2D eigenvalue weighted by Gasteiger charge is -2.32. The van der Waals surface area contributed by atoms with Crippen molar-refractivity contribution in [1.29, 1.82) is 0 Å². The Hall–Kier alpha value is -2.87. The molecule has 1 fully saturated rings. The second-order valence-electron chi connectivity index (χ2n) is 9.24. The molecule has 0 saturated heterocycles. The summed E-state index contributed by atoms with van der Waals surface area (Å²) in [5.41, 5.74) is 2.38. The zero-order valence-electron chi connectivity index (χ0n) is 20.9. The number of rotatable bonds is 11. The molecule has 1 aliphatic carbocycles. The van der Waals surface area contributed by atoms with Crippen LogP contribution in [0.5, 0.6) is 0 Å². The number of carbonyl (C=O) groups excluding carboxylic acids is 2. The van der Waals surface area contributed by atoms with E-state index in [0.29, 0.717) is 25.1 Å². The van der Waals surface area contributed by atoms with E-state index in [0.717, 1.165) is 47.4 Å². The van der Waals surface area contributed by atoms with Gasteiger partial charge < -0.3 is 10.2 Å². The van der Waals surface area contributed by atoms with Crippen LogP contribution in [0.3, 0.4) is 0 Å². The van der Waals surface area contributed by atoms with Crippen molar-refractivity contribution >= 4 is 27.5 Å². The zero-order chi connectivity index (χ0) is 25.4. The van der Waals surface area contributed by atoms with Crippen LogP contribution in [0.1, 0.15) is 50.7 Å². The van der Waals surface area contributed by atoms with Gasteiger partial charge in [-0.3, -0.25) is 13.9 Å². The highest BCUT2D eigenvalue weighted by molar-refractivity contribution is 7.92. The number of aryl methyl sites for hydroxylation is 1. The maximum atomic E-state index is 13.6. The van der Waals surface area contributed by atoms with Gasteiger partial charge in [0.05, 0.1) is 11.9 Å². The Labute approximate surface area is 209 Å². The first-order valence-electron chi connectivity index (χ1n) is 12.4. The van der Waals surface area contributed by atoms with Crippen molar-refractivity contribution in [3.05, 3.63) is 65.7 Å². The smallest absolute Gasteiger partial charge is 0.244 e. The predicted octanol–water partition coefficient (Wildman–Crippen LogP) is 3.53. The number of hydrogen-bond donors (Lipinski definition) is 1. The van der Waals surface area contributed by atoms with Crippen molar-refractivity contribution < 1.29 is 18.0 Å². The number of anilines is 1. The van der Waals surface area contributed by atoms with E-state index in [4.69, 9.17) is 0 Å². The third kappa shape index (κ3) is 7.31. The molecule has 190 valence electrons. The quantitative estimate of drug-likeness (QED) is 0.512. The van der Waals surface area contributed by atoms with Crippen LogP contribution in [0, 0.1) is 0 Å². The van der Waals surface area contributed by atoms with E-state index < -0.39 is 22.0 Å². The number of hydrogen-bond acceptors (Lipinski definition) is 4. The van der Waals surface area contributed by atoms with Gasteiger partial charge in [0.15, 0.2) is 0 Å². The molecule has 0 heterocycles. The summed E-state index contributed by atoms with van der Waals surface area (Å²) in [5, 5.41) is 3.08. The van der Waals surface area contributed by atoms with Gasteiger partial charge in [-0.25, -0.2) is 8.42 Å². The van der Waals surface area contributed by atoms with E-state index in [9.17, 15) is 18.0 Å². The first kappa shape index (κ1) is 26.7. The minimum Gasteiger partial charge on any atom is -0.352 e. The summed E-state index contributed by atoms with van der Waals surface area (Å²) >= 11 is 0. The molecule has 1 atom stereocenters. The summed E-state index contributed by atoms with van der Waals surface area (Å²) in [5.74, 6) is -0.593. The second kappa shape index (κ2) is 12.2. The van der Waals surface area contributed by atoms with E-state index in [1.165, 1.54) is 4.90 Å². The maximum Gasteiger partial charge on any atom is 0.244 e. The molecule has 7 nitrogen and oxygen atoms in total. The van der Waals surface area contributed by atoms with Crippen LogP contribution in [-0.4, -0.2) is 56.6 Å². The fraction of sp³-hybridized carbons (Fsp3) is 0.481. The molecule has 2 aromatic rings. The Balaban J connectivity index is 1.84. The largest absolute Gasteiger partial charge is 0.352 e. The molecule has 1 aliphatic rings. The van der Waals surface area contributed by atoms with E-state index in [1.807, 2.05) is 49.4 Å². The Morgan fingerprint density at radius 3 is 2.29 bits per heavy atom. The standard InChI is InChI=1S/C27H37N3O4S/c1-4-23-14-8-11-17-25(23)30(35(3,33)34)20-26(31)29(19-18-22-12-6-5-7-13-22)21(2)27(32)28-24-15-9-10-16-24/h5-8,11-14,17,21,24H,4,9-10,15-16,18-20H2,1-3H3,(H,28,32)/t21-/m1/s1.